The molecule has 0 aliphatic heterocycles. The fraction of sp³-hybridized carbons (Fsp3) is 0.188. The fourth-order valence-electron chi connectivity index (χ4n) is 2.28. The number of fused-ring (bicyclic) bond motifs is 1. The lowest BCUT2D eigenvalue weighted by molar-refractivity contribution is 0.102. The highest BCUT2D eigenvalue weighted by Crippen LogP contribution is 2.16. The molecule has 22 heavy (non-hydrogen) atoms. The average molecular weight is 296 g/mol. The first kappa shape index (κ1) is 14.1. The first-order chi connectivity index (χ1) is 10.5. The number of nitrogens with one attached hydrogen (secondary N) is 2. The number of para-hydroxylation sites is 1. The van der Waals surface area contributed by atoms with Gasteiger partial charge in [0.25, 0.3) is 11.5 Å². The van der Waals surface area contributed by atoms with E-state index in [1.165, 1.54) is 10.7 Å². The van der Waals surface area contributed by atoms with Crippen molar-refractivity contribution in [1.82, 2.24) is 14.6 Å². The zero-order chi connectivity index (χ0) is 15.9. The molecule has 0 spiro atoms. The number of aryl methyl sites for hydroxylation is 2. The molecular formula is C16H16N4O2. The summed E-state index contributed by atoms with van der Waals surface area (Å²) in [6.07, 6.45) is 1.50. The van der Waals surface area contributed by atoms with Gasteiger partial charge in [0.15, 0.2) is 5.65 Å². The minimum Gasteiger partial charge on any atom is -0.322 e. The molecule has 1 amide bonds. The number of H-pyrrole nitrogens is 1. The molecule has 6 nitrogen and oxygen atoms in total. The van der Waals surface area contributed by atoms with Gasteiger partial charge in [0.05, 0.1) is 0 Å². The summed E-state index contributed by atoms with van der Waals surface area (Å²) in [6, 6.07) is 7.51. The number of benzene rings is 1. The van der Waals surface area contributed by atoms with Crippen molar-refractivity contribution in [2.45, 2.75) is 20.8 Å². The van der Waals surface area contributed by atoms with E-state index in [1.807, 2.05) is 31.2 Å². The maximum Gasteiger partial charge on any atom is 0.275 e. The summed E-state index contributed by atoms with van der Waals surface area (Å²) in [5.74, 6) is -0.303. The number of aromatic nitrogens is 3. The van der Waals surface area contributed by atoms with Crippen molar-refractivity contribution in [2.75, 3.05) is 5.32 Å². The van der Waals surface area contributed by atoms with Crippen LogP contribution in [0.5, 0.6) is 0 Å². The van der Waals surface area contributed by atoms with Crippen LogP contribution in [0.1, 0.15) is 27.2 Å². The Morgan fingerprint density at radius 3 is 2.68 bits per heavy atom. The minimum atomic E-state index is -0.303. The van der Waals surface area contributed by atoms with Crippen LogP contribution in [0.3, 0.4) is 0 Å². The summed E-state index contributed by atoms with van der Waals surface area (Å²) >= 11 is 0. The van der Waals surface area contributed by atoms with Gasteiger partial charge >= 0.3 is 0 Å². The quantitative estimate of drug-likeness (QED) is 0.761. The van der Waals surface area contributed by atoms with Crippen LogP contribution in [0.2, 0.25) is 0 Å². The van der Waals surface area contributed by atoms with Gasteiger partial charge in [-0.3, -0.25) is 14.7 Å². The maximum atomic E-state index is 12.5. The third-order valence-electron chi connectivity index (χ3n) is 3.77. The lowest BCUT2D eigenvalue weighted by Crippen LogP contribution is -2.20. The van der Waals surface area contributed by atoms with E-state index in [2.05, 4.69) is 15.4 Å². The third-order valence-corrected chi connectivity index (χ3v) is 3.77. The van der Waals surface area contributed by atoms with Crippen LogP contribution in [-0.4, -0.2) is 20.5 Å². The van der Waals surface area contributed by atoms with E-state index in [1.54, 1.807) is 13.8 Å². The van der Waals surface area contributed by atoms with Crippen LogP contribution in [-0.2, 0) is 0 Å². The molecule has 1 aromatic carbocycles. The lowest BCUT2D eigenvalue weighted by Gasteiger charge is -2.07. The molecule has 0 saturated carbocycles. The molecule has 0 radical (unpaired) electrons. The highest BCUT2D eigenvalue weighted by atomic mass is 16.2. The van der Waals surface area contributed by atoms with Crippen molar-refractivity contribution in [3.63, 3.8) is 0 Å². The fourth-order valence-corrected chi connectivity index (χ4v) is 2.28. The topological polar surface area (TPSA) is 79.3 Å². The second-order valence-corrected chi connectivity index (χ2v) is 5.24. The maximum absolute atomic E-state index is 12.5. The summed E-state index contributed by atoms with van der Waals surface area (Å²) in [6.45, 7) is 5.39. The summed E-state index contributed by atoms with van der Waals surface area (Å²) < 4.78 is 1.29. The Labute approximate surface area is 126 Å². The van der Waals surface area contributed by atoms with E-state index >= 15 is 0 Å². The molecule has 0 aliphatic rings. The highest BCUT2D eigenvalue weighted by Gasteiger charge is 2.17. The number of aromatic amines is 1. The Morgan fingerprint density at radius 1 is 1.23 bits per heavy atom. The molecule has 0 fully saturated rings. The molecule has 2 aromatic heterocycles. The smallest absolute Gasteiger partial charge is 0.275 e. The van der Waals surface area contributed by atoms with E-state index in [4.69, 9.17) is 0 Å². The number of anilines is 1. The van der Waals surface area contributed by atoms with Crippen LogP contribution >= 0.6 is 0 Å². The molecular weight excluding hydrogens is 280 g/mol. The van der Waals surface area contributed by atoms with Gasteiger partial charge < -0.3 is 5.32 Å². The van der Waals surface area contributed by atoms with Crippen molar-refractivity contribution < 1.29 is 4.79 Å². The van der Waals surface area contributed by atoms with Crippen molar-refractivity contribution in [3.05, 3.63) is 63.2 Å². The van der Waals surface area contributed by atoms with E-state index < -0.39 is 0 Å². The van der Waals surface area contributed by atoms with Crippen LogP contribution in [0.4, 0.5) is 5.69 Å². The summed E-state index contributed by atoms with van der Waals surface area (Å²) in [5, 5.41) is 5.63. The second-order valence-electron chi connectivity index (χ2n) is 5.24. The molecule has 112 valence electrons. The molecule has 0 saturated heterocycles. The summed E-state index contributed by atoms with van der Waals surface area (Å²) in [5.41, 5.74) is 3.35. The Hall–Kier alpha value is -2.89. The standard InChI is InChI=1S/C16H16N4O2/c1-9-6-4-5-7-13(9)19-15(21)12-8-17-20-14(12)18-11(3)10(2)16(20)22/h4-8,17H,1-3H3,(H,19,21). The van der Waals surface area contributed by atoms with Crippen molar-refractivity contribution in [2.24, 2.45) is 0 Å². The molecule has 3 aromatic rings. The van der Waals surface area contributed by atoms with Gasteiger partial charge in [-0.1, -0.05) is 18.2 Å². The van der Waals surface area contributed by atoms with E-state index in [-0.39, 0.29) is 11.5 Å². The summed E-state index contributed by atoms with van der Waals surface area (Å²) in [7, 11) is 0. The van der Waals surface area contributed by atoms with Gasteiger partial charge in [-0.2, -0.15) is 0 Å². The number of carbonyl (C=O) groups is 1. The molecule has 6 heteroatoms. The Bertz CT molecular complexity index is 937. The number of amides is 1. The van der Waals surface area contributed by atoms with Gasteiger partial charge in [-0.25, -0.2) is 9.50 Å². The van der Waals surface area contributed by atoms with Crippen LogP contribution in [0.15, 0.2) is 35.3 Å². The minimum absolute atomic E-state index is 0.197. The van der Waals surface area contributed by atoms with Crippen molar-refractivity contribution in [1.29, 1.82) is 0 Å². The van der Waals surface area contributed by atoms with Crippen LogP contribution in [0, 0.1) is 20.8 Å². The monoisotopic (exact) mass is 296 g/mol. The molecule has 0 unspecified atom stereocenters. The van der Waals surface area contributed by atoms with Gasteiger partial charge in [-0.05, 0) is 32.4 Å². The number of hydrogen-bond acceptors (Lipinski definition) is 3. The molecule has 0 bridgehead atoms. The van der Waals surface area contributed by atoms with Gasteiger partial charge in [-0.15, -0.1) is 0 Å². The number of rotatable bonds is 2. The predicted molar refractivity (Wildman–Crippen MR) is 84.4 cm³/mol. The van der Waals surface area contributed by atoms with Crippen LogP contribution in [0.25, 0.3) is 5.65 Å². The highest BCUT2D eigenvalue weighted by molar-refractivity contribution is 6.08. The van der Waals surface area contributed by atoms with E-state index in [0.29, 0.717) is 22.5 Å². The van der Waals surface area contributed by atoms with E-state index in [9.17, 15) is 9.59 Å². The summed E-state index contributed by atoms with van der Waals surface area (Å²) in [4.78, 5) is 29.0. The lowest BCUT2D eigenvalue weighted by atomic mass is 10.2. The average Bonchev–Trinajstić information content (AvgIpc) is 2.91. The van der Waals surface area contributed by atoms with Gasteiger partial charge in [0, 0.05) is 23.1 Å². The van der Waals surface area contributed by atoms with Gasteiger partial charge in [0.2, 0.25) is 0 Å². The largest absolute Gasteiger partial charge is 0.322 e. The zero-order valence-corrected chi connectivity index (χ0v) is 12.6. The predicted octanol–water partition coefficient (Wildman–Crippen LogP) is 2.20. The first-order valence-electron chi connectivity index (χ1n) is 6.93. The van der Waals surface area contributed by atoms with E-state index in [0.717, 1.165) is 11.3 Å². The first-order valence-corrected chi connectivity index (χ1v) is 6.93. The van der Waals surface area contributed by atoms with Crippen molar-refractivity contribution in [3.8, 4) is 0 Å². The number of carbonyl (C=O) groups excluding carboxylic acids is 1. The molecule has 2 N–H and O–H groups in total. The van der Waals surface area contributed by atoms with Gasteiger partial charge in [0.1, 0.15) is 5.56 Å². The molecule has 3 rings (SSSR count). The zero-order valence-electron chi connectivity index (χ0n) is 12.6. The molecule has 2 heterocycles. The Kier molecular flexibility index (Phi) is 3.29. The second kappa shape index (κ2) is 5.14. The number of nitrogens with zero attached hydrogens (tertiary/aromatic N) is 2. The molecule has 0 atom stereocenters. The third kappa shape index (κ3) is 2.18. The van der Waals surface area contributed by atoms with Crippen molar-refractivity contribution >= 4 is 17.2 Å². The SMILES string of the molecule is Cc1ccccc1NC(=O)c1c[nH]n2c(=O)c(C)c(C)nc12. The normalized spacial score (nSPS) is 10.9. The van der Waals surface area contributed by atoms with Crippen LogP contribution < -0.4 is 10.9 Å². The number of hydrogen-bond donors (Lipinski definition) is 2. The Morgan fingerprint density at radius 2 is 1.95 bits per heavy atom. The Balaban J connectivity index is 2.06. The molecule has 0 aliphatic carbocycles.